The summed E-state index contributed by atoms with van der Waals surface area (Å²) < 4.78 is 5.97. The number of thioether (sulfide) groups is 1. The number of carboxylic acids is 1. The largest absolute Gasteiger partial charge is 0.489 e. The summed E-state index contributed by atoms with van der Waals surface area (Å²) >= 11 is 3.58. The first-order chi connectivity index (χ1) is 11.1. The van der Waals surface area contributed by atoms with E-state index in [2.05, 4.69) is 13.0 Å². The number of fused-ring (bicyclic) bond motifs is 2. The first-order valence-electron chi connectivity index (χ1n) is 7.46. The highest BCUT2D eigenvalue weighted by Crippen LogP contribution is 2.47. The summed E-state index contributed by atoms with van der Waals surface area (Å²) in [5, 5.41) is 9.20. The number of hydrogen-bond donors (Lipinski definition) is 2. The van der Waals surface area contributed by atoms with Crippen molar-refractivity contribution < 1.29 is 14.6 Å². The van der Waals surface area contributed by atoms with Gasteiger partial charge < -0.3 is 15.6 Å². The van der Waals surface area contributed by atoms with Gasteiger partial charge in [-0.05, 0) is 24.6 Å². The van der Waals surface area contributed by atoms with E-state index in [4.69, 9.17) is 15.6 Å². The van der Waals surface area contributed by atoms with Gasteiger partial charge in [0.1, 0.15) is 12.4 Å². The van der Waals surface area contributed by atoms with Crippen LogP contribution in [0.3, 0.4) is 0 Å². The Balaban J connectivity index is 2.05. The van der Waals surface area contributed by atoms with E-state index in [-0.39, 0.29) is 11.7 Å². The van der Waals surface area contributed by atoms with Gasteiger partial charge in [-0.25, -0.2) is 0 Å². The fourth-order valence-corrected chi connectivity index (χ4v) is 5.20. The number of aliphatic carboxylic acids is 1. The molecule has 1 unspecified atom stereocenters. The topological polar surface area (TPSA) is 72.6 Å². The number of hydrogen-bond acceptors (Lipinski definition) is 5. The fraction of sp³-hybridized carbons (Fsp3) is 0.353. The molecule has 0 aliphatic carbocycles. The van der Waals surface area contributed by atoms with Crippen LogP contribution in [0.2, 0.25) is 0 Å². The van der Waals surface area contributed by atoms with Crippen LogP contribution in [0.4, 0.5) is 0 Å². The van der Waals surface area contributed by atoms with Gasteiger partial charge in [0.25, 0.3) is 0 Å². The Bertz CT molecular complexity index is 727. The lowest BCUT2D eigenvalue weighted by atomic mass is 10.0. The molecule has 0 spiro atoms. The Hall–Kier alpha value is -1.50. The van der Waals surface area contributed by atoms with Crippen molar-refractivity contribution in [3.8, 4) is 5.75 Å². The van der Waals surface area contributed by atoms with Gasteiger partial charge in [-0.1, -0.05) is 12.1 Å². The van der Waals surface area contributed by atoms with Crippen LogP contribution in [-0.4, -0.2) is 23.4 Å². The number of ether oxygens (including phenoxy) is 1. The molecule has 0 amide bonds. The van der Waals surface area contributed by atoms with Crippen LogP contribution in [0.5, 0.6) is 5.75 Å². The molecule has 1 atom stereocenters. The van der Waals surface area contributed by atoms with Gasteiger partial charge in [-0.3, -0.25) is 4.79 Å². The van der Waals surface area contributed by atoms with E-state index in [1.165, 1.54) is 15.3 Å². The smallest absolute Gasteiger partial charge is 0.307 e. The molecule has 0 saturated heterocycles. The molecule has 1 aromatic heterocycles. The predicted octanol–water partition coefficient (Wildman–Crippen LogP) is 3.36. The lowest BCUT2D eigenvalue weighted by molar-refractivity contribution is -0.136. The third-order valence-corrected chi connectivity index (χ3v) is 6.30. The quantitative estimate of drug-likeness (QED) is 0.866. The summed E-state index contributed by atoms with van der Waals surface area (Å²) in [6.07, 6.45) is 0.0257. The minimum Gasteiger partial charge on any atom is -0.489 e. The average molecular weight is 349 g/mol. The van der Waals surface area contributed by atoms with Crippen molar-refractivity contribution in [2.24, 2.45) is 5.73 Å². The second-order valence-corrected chi connectivity index (χ2v) is 8.02. The number of benzene rings is 1. The zero-order chi connectivity index (χ0) is 16.4. The van der Waals surface area contributed by atoms with Crippen LogP contribution in [0.1, 0.15) is 31.7 Å². The van der Waals surface area contributed by atoms with Gasteiger partial charge in [0.2, 0.25) is 0 Å². The maximum absolute atomic E-state index is 11.0. The van der Waals surface area contributed by atoms with Gasteiger partial charge in [-0.2, -0.15) is 0 Å². The van der Waals surface area contributed by atoms with Crippen molar-refractivity contribution in [1.82, 2.24) is 0 Å². The van der Waals surface area contributed by atoms with Gasteiger partial charge in [0, 0.05) is 33.2 Å². The minimum absolute atomic E-state index is 0.0257. The van der Waals surface area contributed by atoms with Crippen molar-refractivity contribution in [2.45, 2.75) is 25.2 Å². The summed E-state index contributed by atoms with van der Waals surface area (Å²) in [4.78, 5) is 13.6. The molecule has 3 rings (SSSR count). The summed E-state index contributed by atoms with van der Waals surface area (Å²) in [5.74, 6) is 0.872. The molecule has 1 aliphatic heterocycles. The monoisotopic (exact) mass is 349 g/mol. The van der Waals surface area contributed by atoms with Crippen LogP contribution in [0.25, 0.3) is 0 Å². The van der Waals surface area contributed by atoms with E-state index < -0.39 is 5.97 Å². The first kappa shape index (κ1) is 16.4. The maximum atomic E-state index is 11.0. The SMILES string of the molecule is Cc1cc2c(s1)C(SCCN)c1cc(CC(=O)O)ccc1OC2. The molecule has 2 aromatic rings. The second-order valence-electron chi connectivity index (χ2n) is 5.52. The standard InChI is InChI=1S/C17H19NO3S2/c1-10-6-12-9-21-14-3-2-11(8-15(19)20)7-13(14)17(16(12)23-10)22-5-4-18/h2-3,6-7,17H,4-5,8-9,18H2,1H3,(H,19,20). The Morgan fingerprint density at radius 2 is 2.30 bits per heavy atom. The lowest BCUT2D eigenvalue weighted by Gasteiger charge is -2.17. The van der Waals surface area contributed by atoms with Crippen LogP contribution >= 0.6 is 23.1 Å². The lowest BCUT2D eigenvalue weighted by Crippen LogP contribution is -2.06. The molecule has 2 heterocycles. The Labute approximate surface area is 143 Å². The third-order valence-electron chi connectivity index (χ3n) is 3.70. The highest BCUT2D eigenvalue weighted by molar-refractivity contribution is 7.99. The normalized spacial score (nSPS) is 16.2. The zero-order valence-electron chi connectivity index (χ0n) is 12.9. The summed E-state index contributed by atoms with van der Waals surface area (Å²) in [6, 6.07) is 7.89. The highest BCUT2D eigenvalue weighted by atomic mass is 32.2. The van der Waals surface area contributed by atoms with E-state index in [0.29, 0.717) is 13.2 Å². The maximum Gasteiger partial charge on any atom is 0.307 e. The average Bonchev–Trinajstić information content (AvgIpc) is 2.81. The molecule has 3 N–H and O–H groups in total. The molecule has 0 bridgehead atoms. The van der Waals surface area contributed by atoms with E-state index in [9.17, 15) is 4.79 Å². The van der Waals surface area contributed by atoms with E-state index in [1.807, 2.05) is 18.2 Å². The molecule has 23 heavy (non-hydrogen) atoms. The summed E-state index contributed by atoms with van der Waals surface area (Å²) in [5.41, 5.74) is 8.78. The van der Waals surface area contributed by atoms with E-state index in [1.54, 1.807) is 23.1 Å². The Morgan fingerprint density at radius 1 is 1.48 bits per heavy atom. The predicted molar refractivity (Wildman–Crippen MR) is 94.5 cm³/mol. The molecular weight excluding hydrogens is 330 g/mol. The molecule has 122 valence electrons. The van der Waals surface area contributed by atoms with Crippen LogP contribution in [-0.2, 0) is 17.8 Å². The van der Waals surface area contributed by atoms with Crippen molar-refractivity contribution in [1.29, 1.82) is 0 Å². The molecule has 0 saturated carbocycles. The number of carboxylic acid groups (broad SMARTS) is 1. The number of thiophene rings is 1. The minimum atomic E-state index is -0.821. The van der Waals surface area contributed by atoms with Crippen molar-refractivity contribution in [3.63, 3.8) is 0 Å². The van der Waals surface area contributed by atoms with Gasteiger partial charge in [0.05, 0.1) is 11.7 Å². The molecule has 0 fully saturated rings. The fourth-order valence-electron chi connectivity index (χ4n) is 2.79. The molecule has 1 aromatic carbocycles. The van der Waals surface area contributed by atoms with E-state index >= 15 is 0 Å². The Kier molecular flexibility index (Phi) is 4.94. The van der Waals surface area contributed by atoms with Crippen molar-refractivity contribution in [2.75, 3.05) is 12.3 Å². The number of aryl methyl sites for hydroxylation is 1. The number of nitrogens with two attached hydrogens (primary N) is 1. The third kappa shape index (κ3) is 3.54. The summed E-state index contributed by atoms with van der Waals surface area (Å²) in [6.45, 7) is 3.28. The van der Waals surface area contributed by atoms with Crippen molar-refractivity contribution >= 4 is 29.1 Å². The molecule has 6 heteroatoms. The second kappa shape index (κ2) is 6.95. The van der Waals surface area contributed by atoms with Crippen molar-refractivity contribution in [3.05, 3.63) is 50.7 Å². The Morgan fingerprint density at radius 3 is 3.04 bits per heavy atom. The van der Waals surface area contributed by atoms with Gasteiger partial charge >= 0.3 is 5.97 Å². The molecule has 4 nitrogen and oxygen atoms in total. The molecule has 0 radical (unpaired) electrons. The highest BCUT2D eigenvalue weighted by Gasteiger charge is 2.27. The number of carbonyl (C=O) groups is 1. The van der Waals surface area contributed by atoms with Crippen LogP contribution in [0.15, 0.2) is 24.3 Å². The molecule has 1 aliphatic rings. The van der Waals surface area contributed by atoms with E-state index in [0.717, 1.165) is 22.6 Å². The van der Waals surface area contributed by atoms with Crippen LogP contribution in [0, 0.1) is 6.92 Å². The van der Waals surface area contributed by atoms with Crippen LogP contribution < -0.4 is 10.5 Å². The van der Waals surface area contributed by atoms with Gasteiger partial charge in [-0.15, -0.1) is 23.1 Å². The zero-order valence-corrected chi connectivity index (χ0v) is 14.5. The number of rotatable bonds is 5. The first-order valence-corrected chi connectivity index (χ1v) is 9.33. The summed E-state index contributed by atoms with van der Waals surface area (Å²) in [7, 11) is 0. The molecular formula is C17H19NO3S2. The van der Waals surface area contributed by atoms with Gasteiger partial charge in [0.15, 0.2) is 0 Å².